The number of aromatic nitrogens is 4. The molecule has 5 aromatic rings. The number of fused-ring (bicyclic) bond motifs is 3. The summed E-state index contributed by atoms with van der Waals surface area (Å²) in [7, 11) is 1.46. The van der Waals surface area contributed by atoms with Gasteiger partial charge in [0.1, 0.15) is 41.2 Å². The van der Waals surface area contributed by atoms with Gasteiger partial charge in [-0.05, 0) is 75.6 Å². The molecule has 2 fully saturated rings. The van der Waals surface area contributed by atoms with Crippen LogP contribution in [0.2, 0.25) is 0 Å². The summed E-state index contributed by atoms with van der Waals surface area (Å²) in [6, 6.07) is 27.1. The van der Waals surface area contributed by atoms with Crippen molar-refractivity contribution >= 4 is 31.9 Å². The molecular weight excluding hydrogens is 801 g/mol. The van der Waals surface area contributed by atoms with Gasteiger partial charge in [0.05, 0.1) is 58.9 Å². The number of nitrogens with zero attached hydrogens (tertiary/aromatic N) is 5. The van der Waals surface area contributed by atoms with Crippen LogP contribution >= 0.6 is 8.53 Å². The van der Waals surface area contributed by atoms with Crippen LogP contribution in [-0.2, 0) is 33.7 Å². The maximum absolute atomic E-state index is 13.3. The molecule has 0 radical (unpaired) electrons. The Bertz CT molecular complexity index is 2300. The number of imidazole rings is 1. The molecule has 322 valence electrons. The monoisotopic (exact) mass is 853 g/mol. The zero-order valence-corrected chi connectivity index (χ0v) is 36.2. The first kappa shape index (κ1) is 43.8. The summed E-state index contributed by atoms with van der Waals surface area (Å²) in [4.78, 5) is 36.5. The van der Waals surface area contributed by atoms with Gasteiger partial charge in [-0.2, -0.15) is 10.2 Å². The van der Waals surface area contributed by atoms with Crippen molar-refractivity contribution in [2.75, 3.05) is 39.4 Å². The van der Waals surface area contributed by atoms with Crippen LogP contribution < -0.4 is 20.3 Å². The summed E-state index contributed by atoms with van der Waals surface area (Å²) in [5.74, 6) is 1.47. The average Bonchev–Trinajstić information content (AvgIpc) is 3.94. The lowest BCUT2D eigenvalue weighted by atomic mass is 9.79. The Hall–Kier alpha value is -5.24. The maximum Gasteiger partial charge on any atom is 0.280 e. The van der Waals surface area contributed by atoms with E-state index in [0.29, 0.717) is 17.8 Å². The van der Waals surface area contributed by atoms with Crippen molar-refractivity contribution in [2.24, 2.45) is 0 Å². The molecule has 61 heavy (non-hydrogen) atoms. The molecule has 2 aliphatic heterocycles. The number of carbonyl (C=O) groups excluding carboxylic acids is 1. The van der Waals surface area contributed by atoms with E-state index in [-0.39, 0.29) is 55.4 Å². The van der Waals surface area contributed by atoms with Gasteiger partial charge in [-0.1, -0.05) is 54.6 Å². The quantitative estimate of drug-likeness (QED) is 0.0376. The highest BCUT2D eigenvalue weighted by Crippen LogP contribution is 2.56. The van der Waals surface area contributed by atoms with Gasteiger partial charge in [-0.15, -0.1) is 0 Å². The van der Waals surface area contributed by atoms with E-state index >= 15 is 0 Å². The molecule has 2 saturated heterocycles. The van der Waals surface area contributed by atoms with Crippen molar-refractivity contribution in [3.05, 3.63) is 112 Å². The zero-order valence-electron chi connectivity index (χ0n) is 35.3. The normalized spacial score (nSPS) is 20.9. The minimum atomic E-state index is -1.79. The molecule has 2 N–H and O–H groups in total. The lowest BCUT2D eigenvalue weighted by Gasteiger charge is -2.41. The minimum absolute atomic E-state index is 0.0150. The standard InChI is InChI=1S/C44H52N7O9P/c1-28(2)51(29(3)4)61(58-23-11-22-45)60-38-37-41(50-27-46-36-39(50)48-42(49-40(36)53)47-30(5)24-52)59-43(38,25-56-37)26-57-44(31-12-9-8-10-13-31,32-14-18-34(54-6)19-15-32)33-16-20-35(55-7)21-17-33/h8-10,12-21,24,27-30,37-38,41H,11,23,25-26H2,1-7H3,(H2,47,48,49,53)/t30?,37-,38+,41-,43-,61?/m1/s1. The van der Waals surface area contributed by atoms with Crippen LogP contribution in [0.5, 0.6) is 11.5 Å². The van der Waals surface area contributed by atoms with Gasteiger partial charge in [-0.25, -0.2) is 9.65 Å². The largest absolute Gasteiger partial charge is 0.497 e. The zero-order chi connectivity index (χ0) is 43.3. The van der Waals surface area contributed by atoms with E-state index in [0.717, 1.165) is 16.7 Å². The molecule has 2 aromatic heterocycles. The first-order valence-electron chi connectivity index (χ1n) is 20.2. The van der Waals surface area contributed by atoms with Crippen molar-refractivity contribution in [1.82, 2.24) is 24.2 Å². The van der Waals surface area contributed by atoms with Crippen LogP contribution in [0.4, 0.5) is 5.95 Å². The highest BCUT2D eigenvalue weighted by Gasteiger charge is 2.65. The van der Waals surface area contributed by atoms with Gasteiger partial charge in [-0.3, -0.25) is 14.3 Å². The fourth-order valence-corrected chi connectivity index (χ4v) is 9.81. The smallest absolute Gasteiger partial charge is 0.280 e. The molecule has 6 atom stereocenters. The lowest BCUT2D eigenvalue weighted by molar-refractivity contribution is -0.202. The number of H-pyrrole nitrogens is 1. The van der Waals surface area contributed by atoms with Gasteiger partial charge in [0.2, 0.25) is 5.95 Å². The minimum Gasteiger partial charge on any atom is -0.497 e. The molecule has 7 rings (SSSR count). The first-order chi connectivity index (χ1) is 29.5. The second-order valence-electron chi connectivity index (χ2n) is 15.5. The van der Waals surface area contributed by atoms with Crippen molar-refractivity contribution in [3.8, 4) is 17.6 Å². The van der Waals surface area contributed by atoms with Crippen molar-refractivity contribution in [2.45, 2.75) is 88.8 Å². The number of hydrogen-bond donors (Lipinski definition) is 2. The summed E-state index contributed by atoms with van der Waals surface area (Å²) >= 11 is 0. The number of anilines is 1. The predicted octanol–water partition coefficient (Wildman–Crippen LogP) is 6.47. The molecular formula is C44H52N7O9P. The van der Waals surface area contributed by atoms with Crippen molar-refractivity contribution in [1.29, 1.82) is 5.26 Å². The fraction of sp³-hybridized carbons (Fsp3) is 0.432. The number of benzene rings is 3. The molecule has 2 unspecified atom stereocenters. The Morgan fingerprint density at radius 2 is 1.62 bits per heavy atom. The number of ether oxygens (including phenoxy) is 5. The van der Waals surface area contributed by atoms with E-state index in [1.165, 1.54) is 6.33 Å². The van der Waals surface area contributed by atoms with Crippen LogP contribution in [0.25, 0.3) is 11.2 Å². The average molecular weight is 854 g/mol. The highest BCUT2D eigenvalue weighted by molar-refractivity contribution is 7.44. The van der Waals surface area contributed by atoms with Gasteiger partial charge in [0.25, 0.3) is 14.1 Å². The van der Waals surface area contributed by atoms with Gasteiger partial charge in [0, 0.05) is 12.1 Å². The third-order valence-electron chi connectivity index (χ3n) is 10.8. The molecule has 17 heteroatoms. The lowest BCUT2D eigenvalue weighted by Crippen LogP contribution is -2.49. The van der Waals surface area contributed by atoms with Gasteiger partial charge >= 0.3 is 0 Å². The third-order valence-corrected chi connectivity index (χ3v) is 12.9. The molecule has 0 spiro atoms. The van der Waals surface area contributed by atoms with Crippen LogP contribution in [0.15, 0.2) is 90.0 Å². The van der Waals surface area contributed by atoms with Crippen LogP contribution in [-0.4, -0.2) is 100 Å². The molecule has 4 heterocycles. The topological polar surface area (TPSA) is 184 Å². The van der Waals surface area contributed by atoms with E-state index in [1.54, 1.807) is 25.7 Å². The molecule has 2 bridgehead atoms. The number of methoxy groups -OCH3 is 2. The fourth-order valence-electron chi connectivity index (χ4n) is 8.00. The van der Waals surface area contributed by atoms with Gasteiger partial charge in [0.15, 0.2) is 17.4 Å². The third kappa shape index (κ3) is 8.65. The van der Waals surface area contributed by atoms with E-state index in [9.17, 15) is 14.9 Å². The Balaban J connectivity index is 1.37. The van der Waals surface area contributed by atoms with Crippen LogP contribution in [0, 0.1) is 11.3 Å². The molecule has 0 amide bonds. The maximum atomic E-state index is 13.3. The van der Waals surface area contributed by atoms with Crippen LogP contribution in [0.1, 0.15) is 64.0 Å². The van der Waals surface area contributed by atoms with E-state index in [4.69, 9.17) is 32.7 Å². The number of aromatic amines is 1. The predicted molar refractivity (Wildman–Crippen MR) is 228 cm³/mol. The van der Waals surface area contributed by atoms with Crippen LogP contribution in [0.3, 0.4) is 0 Å². The van der Waals surface area contributed by atoms with E-state index in [2.05, 4.69) is 58.7 Å². The summed E-state index contributed by atoms with van der Waals surface area (Å²) in [6.07, 6.45) is -0.0717. The SMILES string of the molecule is COc1ccc(C(OC[C@@]23CO[C@@H]([C@H](n4cnc5c(=O)[nH]c(NC(C)C=O)nc54)O2)[C@@H]3OP(OCCC#N)N(C(C)C)C(C)C)(c2ccccc2)c2ccc(OC)cc2)cc1. The van der Waals surface area contributed by atoms with Crippen molar-refractivity contribution < 1.29 is 37.5 Å². The highest BCUT2D eigenvalue weighted by atomic mass is 31.2. The number of nitriles is 1. The summed E-state index contributed by atoms with van der Waals surface area (Å²) in [5, 5.41) is 12.4. The Morgan fingerprint density at radius 3 is 2.20 bits per heavy atom. The van der Waals surface area contributed by atoms with E-state index < -0.39 is 49.8 Å². The first-order valence-corrected chi connectivity index (χ1v) is 21.3. The molecule has 0 aliphatic carbocycles. The molecule has 16 nitrogen and oxygen atoms in total. The second kappa shape index (κ2) is 18.8. The summed E-state index contributed by atoms with van der Waals surface area (Å²) < 4.78 is 49.8. The molecule has 0 saturated carbocycles. The Labute approximate surface area is 356 Å². The summed E-state index contributed by atoms with van der Waals surface area (Å²) in [5.41, 5.74) is -0.174. The Kier molecular flexibility index (Phi) is 13.5. The van der Waals surface area contributed by atoms with Gasteiger partial charge < -0.3 is 42.8 Å². The number of rotatable bonds is 20. The Morgan fingerprint density at radius 1 is 1.00 bits per heavy atom. The van der Waals surface area contributed by atoms with Crippen molar-refractivity contribution in [3.63, 3.8) is 0 Å². The molecule has 2 aliphatic rings. The number of aldehydes is 1. The second-order valence-corrected chi connectivity index (χ2v) is 16.9. The van der Waals surface area contributed by atoms with E-state index in [1.807, 2.05) is 78.9 Å². The molecule has 3 aromatic carbocycles. The number of hydrogen-bond acceptors (Lipinski definition) is 14. The number of nitrogens with one attached hydrogen (secondary N) is 2. The summed E-state index contributed by atoms with van der Waals surface area (Å²) in [6.45, 7) is 10.1. The number of carbonyl (C=O) groups is 1.